The predicted molar refractivity (Wildman–Crippen MR) is 97.2 cm³/mol. The van der Waals surface area contributed by atoms with Crippen molar-refractivity contribution in [3.63, 3.8) is 0 Å². The van der Waals surface area contributed by atoms with Crippen molar-refractivity contribution >= 4 is 34.6 Å². The zero-order chi connectivity index (χ0) is 18.0. The molecule has 2 heterocycles. The molecule has 6 nitrogen and oxygen atoms in total. The van der Waals surface area contributed by atoms with Gasteiger partial charge in [-0.2, -0.15) is 0 Å². The van der Waals surface area contributed by atoms with Gasteiger partial charge in [0.05, 0.1) is 12.1 Å². The summed E-state index contributed by atoms with van der Waals surface area (Å²) in [6.45, 7) is 2.28. The molecule has 0 unspecified atom stereocenters. The monoisotopic (exact) mass is 373 g/mol. The summed E-state index contributed by atoms with van der Waals surface area (Å²) < 4.78 is 0. The third-order valence-electron chi connectivity index (χ3n) is 3.49. The molecule has 2 aromatic heterocycles. The first-order valence-electron chi connectivity index (χ1n) is 7.39. The number of carbonyl (C=O) groups excluding carboxylic acids is 1. The van der Waals surface area contributed by atoms with E-state index in [-0.39, 0.29) is 11.5 Å². The Bertz CT molecular complexity index is 919. The third-order valence-corrected chi connectivity index (χ3v) is 5.27. The van der Waals surface area contributed by atoms with Gasteiger partial charge in [-0.25, -0.2) is 14.8 Å². The van der Waals surface area contributed by atoms with Crippen LogP contribution in [0.25, 0.3) is 10.6 Å². The maximum atomic E-state index is 12.7. The van der Waals surface area contributed by atoms with Crippen LogP contribution < -0.4 is 0 Å². The van der Waals surface area contributed by atoms with Crippen LogP contribution in [0.2, 0.25) is 0 Å². The van der Waals surface area contributed by atoms with Gasteiger partial charge in [-0.05, 0) is 25.1 Å². The van der Waals surface area contributed by atoms with Crippen molar-refractivity contribution in [1.29, 1.82) is 0 Å². The first kappa shape index (κ1) is 17.2. The van der Waals surface area contributed by atoms with Crippen molar-refractivity contribution in [3.05, 3.63) is 57.0 Å². The number of hydrogen-bond donors (Lipinski definition) is 1. The number of carboxylic acid groups (broad SMARTS) is 1. The highest BCUT2D eigenvalue weighted by atomic mass is 32.1. The Kier molecular flexibility index (Phi) is 4.91. The first-order chi connectivity index (χ1) is 11.9. The quantitative estimate of drug-likeness (QED) is 0.739. The fourth-order valence-electron chi connectivity index (χ4n) is 2.33. The maximum absolute atomic E-state index is 12.7. The molecule has 0 saturated heterocycles. The van der Waals surface area contributed by atoms with Crippen LogP contribution >= 0.6 is 22.7 Å². The minimum atomic E-state index is -1.08. The highest BCUT2D eigenvalue weighted by Gasteiger charge is 2.18. The van der Waals surface area contributed by atoms with Crippen LogP contribution in [-0.4, -0.2) is 38.9 Å². The average Bonchev–Trinajstić information content (AvgIpc) is 3.25. The number of benzene rings is 1. The molecule has 0 atom stereocenters. The van der Waals surface area contributed by atoms with Gasteiger partial charge in [0.15, 0.2) is 0 Å². The standard InChI is InChI=1S/C17H15N3O3S2/c1-10-9-25-14(19-10)8-20(2)16(21)12-5-11(15-18-3-4-24-15)6-13(7-12)17(22)23/h3-7,9H,8H2,1-2H3,(H,22,23). The van der Waals surface area contributed by atoms with Crippen LogP contribution in [0.1, 0.15) is 31.4 Å². The summed E-state index contributed by atoms with van der Waals surface area (Å²) >= 11 is 2.89. The van der Waals surface area contributed by atoms with Crippen molar-refractivity contribution in [1.82, 2.24) is 14.9 Å². The number of amides is 1. The molecule has 1 amide bonds. The van der Waals surface area contributed by atoms with Crippen LogP contribution in [-0.2, 0) is 6.54 Å². The molecule has 1 aromatic carbocycles. The van der Waals surface area contributed by atoms with Crippen molar-refractivity contribution in [2.24, 2.45) is 0 Å². The second kappa shape index (κ2) is 7.12. The van der Waals surface area contributed by atoms with Crippen LogP contribution in [0, 0.1) is 6.92 Å². The number of aromatic nitrogens is 2. The number of aryl methyl sites for hydroxylation is 1. The fraction of sp³-hybridized carbons (Fsp3) is 0.176. The van der Waals surface area contributed by atoms with Gasteiger partial charge >= 0.3 is 5.97 Å². The minimum absolute atomic E-state index is 0.0644. The van der Waals surface area contributed by atoms with Gasteiger partial charge in [0.25, 0.3) is 5.91 Å². The zero-order valence-corrected chi connectivity index (χ0v) is 15.2. The lowest BCUT2D eigenvalue weighted by molar-refractivity contribution is 0.0697. The number of carbonyl (C=O) groups is 2. The average molecular weight is 373 g/mol. The van der Waals surface area contributed by atoms with E-state index in [1.54, 1.807) is 24.7 Å². The Labute approximate surface area is 152 Å². The molecule has 3 rings (SSSR count). The minimum Gasteiger partial charge on any atom is -0.478 e. The Balaban J connectivity index is 1.92. The van der Waals surface area contributed by atoms with Gasteiger partial charge in [-0.3, -0.25) is 4.79 Å². The molecular weight excluding hydrogens is 358 g/mol. The second-order valence-electron chi connectivity index (χ2n) is 5.49. The van der Waals surface area contributed by atoms with Gasteiger partial charge < -0.3 is 10.0 Å². The van der Waals surface area contributed by atoms with Gasteiger partial charge in [0.1, 0.15) is 10.0 Å². The molecule has 0 aliphatic heterocycles. The molecule has 0 aliphatic rings. The third kappa shape index (κ3) is 3.92. The van der Waals surface area contributed by atoms with E-state index in [4.69, 9.17) is 0 Å². The number of aromatic carboxylic acids is 1. The molecule has 3 aromatic rings. The normalized spacial score (nSPS) is 10.6. The number of thiazole rings is 2. The van der Waals surface area contributed by atoms with E-state index in [2.05, 4.69) is 9.97 Å². The Morgan fingerprint density at radius 1 is 1.20 bits per heavy atom. The molecule has 0 fully saturated rings. The number of rotatable bonds is 5. The van der Waals surface area contributed by atoms with Crippen LogP contribution in [0.5, 0.6) is 0 Å². The van der Waals surface area contributed by atoms with Crippen molar-refractivity contribution in [2.75, 3.05) is 7.05 Å². The fourth-order valence-corrected chi connectivity index (χ4v) is 3.78. The van der Waals surface area contributed by atoms with Crippen LogP contribution in [0.3, 0.4) is 0 Å². The molecule has 0 bridgehead atoms. The summed E-state index contributed by atoms with van der Waals surface area (Å²) in [5, 5.41) is 14.6. The van der Waals surface area contributed by atoms with Gasteiger partial charge in [0, 0.05) is 40.8 Å². The largest absolute Gasteiger partial charge is 0.478 e. The van der Waals surface area contributed by atoms with E-state index in [0.717, 1.165) is 10.7 Å². The highest BCUT2D eigenvalue weighted by Crippen LogP contribution is 2.25. The van der Waals surface area contributed by atoms with E-state index < -0.39 is 5.97 Å². The molecule has 25 heavy (non-hydrogen) atoms. The molecule has 128 valence electrons. The lowest BCUT2D eigenvalue weighted by Gasteiger charge is -2.16. The lowest BCUT2D eigenvalue weighted by Crippen LogP contribution is -2.26. The number of nitrogens with zero attached hydrogens (tertiary/aromatic N) is 3. The van der Waals surface area contributed by atoms with E-state index in [0.29, 0.717) is 22.7 Å². The van der Waals surface area contributed by atoms with Crippen molar-refractivity contribution < 1.29 is 14.7 Å². The van der Waals surface area contributed by atoms with Gasteiger partial charge in [0.2, 0.25) is 0 Å². The Morgan fingerprint density at radius 2 is 1.96 bits per heavy atom. The van der Waals surface area contributed by atoms with Gasteiger partial charge in [-0.15, -0.1) is 22.7 Å². The summed E-state index contributed by atoms with van der Waals surface area (Å²) in [6, 6.07) is 4.60. The van der Waals surface area contributed by atoms with E-state index in [1.807, 2.05) is 12.3 Å². The molecule has 0 aliphatic carbocycles. The molecule has 0 saturated carbocycles. The van der Waals surface area contributed by atoms with Crippen LogP contribution in [0.15, 0.2) is 35.2 Å². The lowest BCUT2D eigenvalue weighted by atomic mass is 10.0. The first-order valence-corrected chi connectivity index (χ1v) is 9.14. The van der Waals surface area contributed by atoms with E-state index in [9.17, 15) is 14.7 Å². The molecule has 0 radical (unpaired) electrons. The van der Waals surface area contributed by atoms with E-state index in [1.165, 1.54) is 39.7 Å². The molecular formula is C17H15N3O3S2. The number of carboxylic acids is 1. The highest BCUT2D eigenvalue weighted by molar-refractivity contribution is 7.13. The zero-order valence-electron chi connectivity index (χ0n) is 13.6. The molecule has 1 N–H and O–H groups in total. The number of hydrogen-bond acceptors (Lipinski definition) is 6. The van der Waals surface area contributed by atoms with Gasteiger partial charge in [-0.1, -0.05) is 0 Å². The Hall–Kier alpha value is -2.58. The van der Waals surface area contributed by atoms with Crippen molar-refractivity contribution in [3.8, 4) is 10.6 Å². The molecule has 0 spiro atoms. The predicted octanol–water partition coefficient (Wildman–Crippen LogP) is 3.55. The van der Waals surface area contributed by atoms with Crippen molar-refractivity contribution in [2.45, 2.75) is 13.5 Å². The molecule has 8 heteroatoms. The summed E-state index contributed by atoms with van der Waals surface area (Å²) in [6.07, 6.45) is 1.64. The second-order valence-corrected chi connectivity index (χ2v) is 7.32. The summed E-state index contributed by atoms with van der Waals surface area (Å²) in [5.41, 5.74) is 1.92. The topological polar surface area (TPSA) is 83.4 Å². The van der Waals surface area contributed by atoms with E-state index >= 15 is 0 Å². The summed E-state index contributed by atoms with van der Waals surface area (Å²) in [4.78, 5) is 34.2. The maximum Gasteiger partial charge on any atom is 0.335 e. The SMILES string of the molecule is Cc1csc(CN(C)C(=O)c2cc(C(=O)O)cc(-c3nccs3)c2)n1. The summed E-state index contributed by atoms with van der Waals surface area (Å²) in [7, 11) is 1.68. The Morgan fingerprint density at radius 3 is 2.56 bits per heavy atom. The smallest absolute Gasteiger partial charge is 0.335 e. The summed E-state index contributed by atoms with van der Waals surface area (Å²) in [5.74, 6) is -1.33. The van der Waals surface area contributed by atoms with Crippen LogP contribution in [0.4, 0.5) is 0 Å².